The summed E-state index contributed by atoms with van der Waals surface area (Å²) in [5.41, 5.74) is -0.125. The Balaban J connectivity index is 0.00000306. The molecule has 2 aromatic carbocycles. The third-order valence-corrected chi connectivity index (χ3v) is 5.08. The van der Waals surface area contributed by atoms with Gasteiger partial charge in [0, 0.05) is 36.8 Å². The number of pyridine rings is 1. The molecular weight excluding hydrogens is 482 g/mol. The number of nitrogens with zero attached hydrogens (tertiary/aromatic N) is 1. The van der Waals surface area contributed by atoms with Crippen molar-refractivity contribution in [2.24, 2.45) is 7.05 Å². The fourth-order valence-corrected chi connectivity index (χ4v) is 3.28. The van der Waals surface area contributed by atoms with Gasteiger partial charge in [-0.25, -0.2) is 13.6 Å². The summed E-state index contributed by atoms with van der Waals surface area (Å²) in [4.78, 5) is 36.1. The molecule has 0 aliphatic rings. The molecule has 0 aliphatic heterocycles. The Morgan fingerprint density at radius 3 is 2.40 bits per heavy atom. The number of aliphatic carboxylic acids is 1. The molecule has 8 nitrogen and oxygen atoms in total. The van der Waals surface area contributed by atoms with Gasteiger partial charge >= 0.3 is 65.1 Å². The van der Waals surface area contributed by atoms with E-state index in [1.165, 1.54) is 48.0 Å². The number of nitrogens with one attached hydrogen (secondary N) is 2. The van der Waals surface area contributed by atoms with Crippen molar-refractivity contribution in [1.29, 1.82) is 0 Å². The summed E-state index contributed by atoms with van der Waals surface area (Å²) in [6, 6.07) is 8.08. The Kier molecular flexibility index (Phi) is 11.6. The maximum absolute atomic E-state index is 14.2. The third kappa shape index (κ3) is 7.63. The molecule has 1 aromatic heterocycles. The van der Waals surface area contributed by atoms with Crippen LogP contribution in [-0.4, -0.2) is 16.6 Å². The maximum Gasteiger partial charge on any atom is 1.00 e. The molecule has 1 heterocycles. The van der Waals surface area contributed by atoms with Crippen LogP contribution >= 0.6 is 0 Å². The first-order valence-electron chi connectivity index (χ1n) is 9.77. The number of amides is 2. The zero-order valence-electron chi connectivity index (χ0n) is 19.6. The minimum atomic E-state index is -1.48. The van der Waals surface area contributed by atoms with Crippen molar-refractivity contribution < 1.29 is 87.7 Å². The van der Waals surface area contributed by atoms with Crippen LogP contribution in [0.2, 0.25) is 0 Å². The monoisotopic (exact) mass is 501 g/mol. The quantitative estimate of drug-likeness (QED) is 0.331. The Labute approximate surface area is 243 Å². The average Bonchev–Trinajstić information content (AvgIpc) is 2.74. The van der Waals surface area contributed by atoms with E-state index in [1.807, 2.05) is 0 Å². The number of urea groups is 1. The van der Waals surface area contributed by atoms with Crippen molar-refractivity contribution in [2.45, 2.75) is 19.4 Å². The van der Waals surface area contributed by atoms with Crippen LogP contribution in [0.15, 0.2) is 53.3 Å². The van der Waals surface area contributed by atoms with Crippen LogP contribution in [0.3, 0.4) is 0 Å². The number of carboxylic acid groups (broad SMARTS) is 1. The van der Waals surface area contributed by atoms with E-state index in [2.05, 4.69) is 10.6 Å². The SMILES string of the molecule is Cc1cc([O-])c(NC(=O)N[C@@H](CC(=O)[O-])c2cccc(-c3ccc(F)cc3F)c2)c(=O)n1C.[Na+].[Na+]. The number of carbonyl (C=O) groups is 2. The van der Waals surface area contributed by atoms with E-state index in [1.54, 1.807) is 6.92 Å². The predicted octanol–water partition coefficient (Wildman–Crippen LogP) is -4.28. The number of carboxylic acids is 1. The molecule has 0 unspecified atom stereocenters. The normalized spacial score (nSPS) is 11.0. The van der Waals surface area contributed by atoms with Crippen molar-refractivity contribution in [3.8, 4) is 16.9 Å². The Morgan fingerprint density at radius 2 is 1.77 bits per heavy atom. The minimum Gasteiger partial charge on any atom is -0.871 e. The van der Waals surface area contributed by atoms with Crippen LogP contribution in [0, 0.1) is 18.6 Å². The van der Waals surface area contributed by atoms with Crippen molar-refractivity contribution >= 4 is 17.7 Å². The van der Waals surface area contributed by atoms with E-state index in [0.717, 1.165) is 12.1 Å². The van der Waals surface area contributed by atoms with Gasteiger partial charge in [-0.15, -0.1) is 0 Å². The summed E-state index contributed by atoms with van der Waals surface area (Å²) < 4.78 is 28.6. The van der Waals surface area contributed by atoms with Crippen molar-refractivity contribution in [3.63, 3.8) is 0 Å². The second-order valence-corrected chi connectivity index (χ2v) is 7.37. The Bertz CT molecular complexity index is 1300. The largest absolute Gasteiger partial charge is 1.00 e. The summed E-state index contributed by atoms with van der Waals surface area (Å²) in [5.74, 6) is -3.74. The standard InChI is InChI=1S/C23H21F2N3O5.2Na/c1-12-8-19(29)21(22(32)28(12)2)27-23(33)26-18(11-20(30)31)14-5-3-4-13(9-14)16-7-6-15(24)10-17(16)25;;/h3-10,18,29H,11H2,1-2H3,(H,30,31)(H2,26,27,33);;/q;2*+1/p-2/t18-;;/m0../s1. The summed E-state index contributed by atoms with van der Waals surface area (Å²) in [6.45, 7) is 1.56. The zero-order chi connectivity index (χ0) is 24.3. The second-order valence-electron chi connectivity index (χ2n) is 7.37. The van der Waals surface area contributed by atoms with Gasteiger partial charge in [0.25, 0.3) is 5.56 Å². The molecular formula is C23H19F2N3Na2O5. The van der Waals surface area contributed by atoms with Crippen LogP contribution in [0.25, 0.3) is 11.1 Å². The molecule has 1 atom stereocenters. The number of carbonyl (C=O) groups excluding carboxylic acids is 2. The molecule has 3 rings (SSSR count). The predicted molar refractivity (Wildman–Crippen MR) is 112 cm³/mol. The first-order valence-corrected chi connectivity index (χ1v) is 9.77. The number of aryl methyl sites for hydroxylation is 1. The van der Waals surface area contributed by atoms with Gasteiger partial charge in [0.2, 0.25) is 0 Å². The van der Waals surface area contributed by atoms with Crippen LogP contribution in [0.4, 0.5) is 19.3 Å². The molecule has 35 heavy (non-hydrogen) atoms. The molecule has 0 saturated heterocycles. The number of hydrogen-bond donors (Lipinski definition) is 2. The topological polar surface area (TPSA) is 126 Å². The Morgan fingerprint density at radius 1 is 1.09 bits per heavy atom. The van der Waals surface area contributed by atoms with Gasteiger partial charge in [-0.1, -0.05) is 23.9 Å². The molecule has 0 spiro atoms. The number of anilines is 1. The molecule has 172 valence electrons. The van der Waals surface area contributed by atoms with Gasteiger partial charge in [0.1, 0.15) is 17.3 Å². The van der Waals surface area contributed by atoms with Gasteiger partial charge < -0.3 is 30.2 Å². The summed E-state index contributed by atoms with van der Waals surface area (Å²) in [5, 5.41) is 28.0. The van der Waals surface area contributed by atoms with Crippen LogP contribution < -0.4 is 85.5 Å². The first-order chi connectivity index (χ1) is 15.6. The van der Waals surface area contributed by atoms with Crippen molar-refractivity contribution in [2.75, 3.05) is 5.32 Å². The van der Waals surface area contributed by atoms with Gasteiger partial charge in [0.15, 0.2) is 0 Å². The second kappa shape index (κ2) is 13.2. The van der Waals surface area contributed by atoms with Gasteiger partial charge in [-0.05, 0) is 42.3 Å². The number of benzene rings is 2. The number of halogens is 2. The average molecular weight is 501 g/mol. The number of rotatable bonds is 6. The first kappa shape index (κ1) is 30.8. The van der Waals surface area contributed by atoms with Gasteiger partial charge in [-0.3, -0.25) is 4.79 Å². The molecule has 12 heteroatoms. The zero-order valence-corrected chi connectivity index (χ0v) is 23.6. The maximum atomic E-state index is 14.2. The molecule has 0 saturated carbocycles. The third-order valence-electron chi connectivity index (χ3n) is 5.08. The fourth-order valence-electron chi connectivity index (χ4n) is 3.28. The molecule has 3 aromatic rings. The van der Waals surface area contributed by atoms with E-state index in [9.17, 15) is 33.4 Å². The van der Waals surface area contributed by atoms with Crippen LogP contribution in [-0.2, 0) is 11.8 Å². The molecule has 2 amide bonds. The number of hydrogen-bond acceptors (Lipinski definition) is 5. The molecule has 0 aliphatic carbocycles. The van der Waals surface area contributed by atoms with Gasteiger partial charge in [-0.2, -0.15) is 0 Å². The van der Waals surface area contributed by atoms with Crippen LogP contribution in [0.1, 0.15) is 23.7 Å². The van der Waals surface area contributed by atoms with Crippen molar-refractivity contribution in [1.82, 2.24) is 9.88 Å². The summed E-state index contributed by atoms with van der Waals surface area (Å²) >= 11 is 0. The van der Waals surface area contributed by atoms with Crippen molar-refractivity contribution in [3.05, 3.63) is 81.8 Å². The summed E-state index contributed by atoms with van der Waals surface area (Å²) in [7, 11) is 1.43. The van der Waals surface area contributed by atoms with E-state index >= 15 is 0 Å². The van der Waals surface area contributed by atoms with Gasteiger partial charge in [0.05, 0.1) is 6.04 Å². The molecule has 0 radical (unpaired) electrons. The molecule has 0 bridgehead atoms. The van der Waals surface area contributed by atoms with Crippen LogP contribution in [0.5, 0.6) is 5.75 Å². The summed E-state index contributed by atoms with van der Waals surface area (Å²) in [6.07, 6.45) is -0.640. The Hall–Kier alpha value is -2.21. The minimum absolute atomic E-state index is 0. The fraction of sp³-hybridized carbons (Fsp3) is 0.174. The van der Waals surface area contributed by atoms with E-state index < -0.39 is 53.1 Å². The van der Waals surface area contributed by atoms with E-state index in [0.29, 0.717) is 11.3 Å². The molecule has 2 N–H and O–H groups in total. The smallest absolute Gasteiger partial charge is 0.871 e. The van der Waals surface area contributed by atoms with E-state index in [4.69, 9.17) is 0 Å². The molecule has 0 fully saturated rings. The van der Waals surface area contributed by atoms with E-state index in [-0.39, 0.29) is 70.2 Å². The number of aromatic nitrogens is 1.